The molecule has 26 heteroatoms. The number of hydrogen-bond acceptors (Lipinski definition) is 10. The van der Waals surface area contributed by atoms with Crippen LogP contribution in [0, 0.1) is 34.9 Å². The van der Waals surface area contributed by atoms with Crippen molar-refractivity contribution in [2.75, 3.05) is 26.2 Å². The SMILES string of the molecule is CC1(C)OC(=O)C(=C(O)Cc2cc(F)c(F)cc2F)C(=O)O1.Cl.O=C(CC(=O)N1CCCNC(=O)C1CC(F)(F)F)Cc1cc(F)c(F)cc1F.O=C1NCCCNC1CC(F)(F)F. The monoisotopic (exact) mass is 958 g/mol. The molecule has 3 amide bonds. The van der Waals surface area contributed by atoms with E-state index in [0.29, 0.717) is 42.6 Å². The maximum absolute atomic E-state index is 13.6. The molecular formula is C38H39ClF12N4O9. The van der Waals surface area contributed by atoms with Crippen molar-refractivity contribution in [3.63, 3.8) is 0 Å². The number of nitrogens with zero attached hydrogens (tertiary/aromatic N) is 1. The van der Waals surface area contributed by atoms with Gasteiger partial charge in [0.15, 0.2) is 28.8 Å². The summed E-state index contributed by atoms with van der Waals surface area (Å²) in [5, 5.41) is 17.1. The summed E-state index contributed by atoms with van der Waals surface area (Å²) in [4.78, 5) is 71.3. The number of hydrogen-bond donors (Lipinski definition) is 4. The van der Waals surface area contributed by atoms with Gasteiger partial charge in [-0.05, 0) is 42.6 Å². The minimum absolute atomic E-state index is 0. The standard InChI is InChI=1S/C17H16F6N2O3.C14H11F3O5.C7H11F3N2O.ClH/c18-11-7-13(20)12(19)5-9(11)4-10(26)6-15(27)25-3-1-2-24-16(28)14(25)8-17(21,22)23;1-14(2)21-12(19)11(13(20)22-14)10(18)4-6-3-8(16)9(17)5-7(6)15;8-7(9,10)4-5-6(13)12-3-1-2-11-5;/h5,7,14H,1-4,6,8H2,(H,24,28);3,5,18H,4H2,1-2H3;5,11H,1-4H2,(H,12,13);1H. The number of halogens is 13. The van der Waals surface area contributed by atoms with Gasteiger partial charge in [0.25, 0.3) is 5.79 Å². The third-order valence-electron chi connectivity index (χ3n) is 8.74. The number of ether oxygens (including phenoxy) is 2. The summed E-state index contributed by atoms with van der Waals surface area (Å²) >= 11 is 0. The number of allylic oxidation sites excluding steroid dienone is 1. The number of amides is 3. The van der Waals surface area contributed by atoms with Gasteiger partial charge in [-0.1, -0.05) is 0 Å². The van der Waals surface area contributed by atoms with Gasteiger partial charge in [-0.25, -0.2) is 35.9 Å². The summed E-state index contributed by atoms with van der Waals surface area (Å²) in [5.74, 6) is -16.0. The fourth-order valence-corrected chi connectivity index (χ4v) is 5.89. The summed E-state index contributed by atoms with van der Waals surface area (Å²) in [7, 11) is 0. The van der Waals surface area contributed by atoms with E-state index in [1.165, 1.54) is 13.8 Å². The van der Waals surface area contributed by atoms with Crippen molar-refractivity contribution < 1.29 is 96.0 Å². The minimum Gasteiger partial charge on any atom is -0.511 e. The average Bonchev–Trinajstić information content (AvgIpc) is 3.44. The molecular weight excluding hydrogens is 920 g/mol. The van der Waals surface area contributed by atoms with Gasteiger partial charge in [0.05, 0.1) is 25.3 Å². The second kappa shape index (κ2) is 22.9. The molecule has 356 valence electrons. The van der Waals surface area contributed by atoms with Crippen LogP contribution in [0.3, 0.4) is 0 Å². The topological polar surface area (TPSA) is 180 Å². The molecule has 3 saturated heterocycles. The molecule has 2 aromatic rings. The van der Waals surface area contributed by atoms with E-state index in [4.69, 9.17) is 9.47 Å². The summed E-state index contributed by atoms with van der Waals surface area (Å²) in [5.41, 5.74) is -1.74. The van der Waals surface area contributed by atoms with Crippen LogP contribution in [0.25, 0.3) is 0 Å². The Hall–Kier alpha value is -5.59. The van der Waals surface area contributed by atoms with Gasteiger partial charge in [0.1, 0.15) is 29.2 Å². The van der Waals surface area contributed by atoms with Crippen molar-refractivity contribution in [2.45, 2.75) is 89.0 Å². The highest BCUT2D eigenvalue weighted by molar-refractivity contribution is 6.15. The number of aliphatic hydroxyl groups excluding tert-OH is 1. The molecule has 0 aliphatic carbocycles. The fourth-order valence-electron chi connectivity index (χ4n) is 5.89. The molecule has 5 rings (SSSR count). The zero-order chi connectivity index (χ0) is 47.6. The van der Waals surface area contributed by atoms with Crippen LogP contribution in [0.5, 0.6) is 0 Å². The number of carbonyl (C=O) groups excluding carboxylic acids is 6. The van der Waals surface area contributed by atoms with E-state index in [2.05, 4.69) is 16.0 Å². The summed E-state index contributed by atoms with van der Waals surface area (Å²) < 4.78 is 163. The van der Waals surface area contributed by atoms with E-state index in [0.717, 1.165) is 0 Å². The van der Waals surface area contributed by atoms with E-state index in [1.807, 2.05) is 0 Å². The van der Waals surface area contributed by atoms with Crippen LogP contribution in [0.15, 0.2) is 35.6 Å². The lowest BCUT2D eigenvalue weighted by atomic mass is 10.0. The number of nitrogens with one attached hydrogen (secondary N) is 3. The van der Waals surface area contributed by atoms with Crippen LogP contribution in [0.2, 0.25) is 0 Å². The van der Waals surface area contributed by atoms with E-state index in [9.17, 15) is 86.6 Å². The third kappa shape index (κ3) is 16.8. The maximum atomic E-state index is 13.6. The van der Waals surface area contributed by atoms with Crippen LogP contribution in [-0.4, -0.2) is 102 Å². The van der Waals surface area contributed by atoms with Crippen molar-refractivity contribution in [3.05, 3.63) is 81.6 Å². The van der Waals surface area contributed by atoms with Gasteiger partial charge in [-0.3, -0.25) is 19.2 Å². The molecule has 0 aromatic heterocycles. The van der Waals surface area contributed by atoms with E-state index in [-0.39, 0.29) is 38.0 Å². The molecule has 3 fully saturated rings. The van der Waals surface area contributed by atoms with Crippen molar-refractivity contribution in [2.24, 2.45) is 0 Å². The molecule has 0 spiro atoms. The molecule has 2 atom stereocenters. The van der Waals surface area contributed by atoms with Crippen LogP contribution >= 0.6 is 12.4 Å². The summed E-state index contributed by atoms with van der Waals surface area (Å²) in [6, 6.07) is -1.41. The van der Waals surface area contributed by atoms with Gasteiger partial charge in [-0.15, -0.1) is 12.4 Å². The van der Waals surface area contributed by atoms with Crippen molar-refractivity contribution >= 4 is 47.9 Å². The number of carbonyl (C=O) groups is 6. The molecule has 3 heterocycles. The fraction of sp³-hybridized carbons (Fsp3) is 0.474. The molecule has 2 aromatic carbocycles. The summed E-state index contributed by atoms with van der Waals surface area (Å²) in [6.07, 6.45) is -13.2. The van der Waals surface area contributed by atoms with Gasteiger partial charge in [0.2, 0.25) is 17.7 Å². The smallest absolute Gasteiger partial charge is 0.391 e. The van der Waals surface area contributed by atoms with Crippen molar-refractivity contribution in [1.29, 1.82) is 0 Å². The van der Waals surface area contributed by atoms with Gasteiger partial charge >= 0.3 is 24.3 Å². The Morgan fingerprint density at radius 3 is 1.69 bits per heavy atom. The summed E-state index contributed by atoms with van der Waals surface area (Å²) in [6.45, 7) is 3.41. The van der Waals surface area contributed by atoms with Crippen molar-refractivity contribution in [1.82, 2.24) is 20.9 Å². The highest BCUT2D eigenvalue weighted by Gasteiger charge is 2.43. The maximum Gasteiger partial charge on any atom is 0.391 e. The van der Waals surface area contributed by atoms with Gasteiger partial charge in [-0.2, -0.15) is 26.3 Å². The number of benzene rings is 2. The number of rotatable bonds is 8. The highest BCUT2D eigenvalue weighted by Crippen LogP contribution is 2.28. The number of Topliss-reactive ketones (excluding diaryl/α,β-unsaturated/α-hetero) is 1. The minimum atomic E-state index is -4.72. The Labute approximate surface area is 361 Å². The van der Waals surface area contributed by atoms with Crippen LogP contribution in [-0.2, 0) is 51.1 Å². The molecule has 13 nitrogen and oxygen atoms in total. The number of esters is 2. The first-order chi connectivity index (χ1) is 29.1. The Kier molecular flexibility index (Phi) is 19.5. The highest BCUT2D eigenvalue weighted by atomic mass is 35.5. The van der Waals surface area contributed by atoms with Crippen molar-refractivity contribution in [3.8, 4) is 0 Å². The Bertz CT molecular complexity index is 2080. The first-order valence-corrected chi connectivity index (χ1v) is 18.5. The first kappa shape index (κ1) is 54.5. The van der Waals surface area contributed by atoms with Crippen LogP contribution < -0.4 is 16.0 Å². The van der Waals surface area contributed by atoms with E-state index >= 15 is 0 Å². The molecule has 3 aliphatic heterocycles. The second-order valence-electron chi connectivity index (χ2n) is 14.3. The quantitative estimate of drug-likeness (QED) is 0.0509. The Balaban J connectivity index is 0.000000348. The molecule has 4 N–H and O–H groups in total. The lowest BCUT2D eigenvalue weighted by Crippen LogP contribution is -2.49. The zero-order valence-corrected chi connectivity index (χ0v) is 34.2. The predicted molar refractivity (Wildman–Crippen MR) is 197 cm³/mol. The predicted octanol–water partition coefficient (Wildman–Crippen LogP) is 5.41. The lowest BCUT2D eigenvalue weighted by molar-refractivity contribution is -0.222. The number of aliphatic hydroxyl groups is 1. The molecule has 2 unspecified atom stereocenters. The van der Waals surface area contributed by atoms with Crippen LogP contribution in [0.4, 0.5) is 52.7 Å². The molecule has 64 heavy (non-hydrogen) atoms. The Morgan fingerprint density at radius 2 is 1.17 bits per heavy atom. The average molecular weight is 959 g/mol. The van der Waals surface area contributed by atoms with Gasteiger partial charge < -0.3 is 35.4 Å². The normalized spacial score (nSPS) is 18.8. The largest absolute Gasteiger partial charge is 0.511 e. The van der Waals surface area contributed by atoms with Gasteiger partial charge in [0, 0.05) is 58.5 Å². The molecule has 0 radical (unpaired) electrons. The number of alkyl halides is 6. The number of ketones is 1. The second-order valence-corrected chi connectivity index (χ2v) is 14.3. The zero-order valence-electron chi connectivity index (χ0n) is 33.3. The van der Waals surface area contributed by atoms with E-state index < -0.39 is 155 Å². The third-order valence-corrected chi connectivity index (χ3v) is 8.74. The van der Waals surface area contributed by atoms with E-state index in [1.54, 1.807) is 0 Å². The molecule has 3 aliphatic rings. The lowest BCUT2D eigenvalue weighted by Gasteiger charge is -2.30. The first-order valence-electron chi connectivity index (χ1n) is 18.5. The Morgan fingerprint density at radius 1 is 0.703 bits per heavy atom. The number of cyclic esters (lactones) is 2. The molecule has 0 bridgehead atoms. The molecule has 0 saturated carbocycles. The van der Waals surface area contributed by atoms with Crippen LogP contribution in [0.1, 0.15) is 57.1 Å².